The van der Waals surface area contributed by atoms with Crippen LogP contribution in [-0.4, -0.2) is 0 Å². The topological polar surface area (TPSA) is 0 Å². The van der Waals surface area contributed by atoms with E-state index in [9.17, 15) is 26.3 Å². The molecular weight excluding hydrogens is 322 g/mol. The summed E-state index contributed by atoms with van der Waals surface area (Å²) in [7, 11) is 0.897. The summed E-state index contributed by atoms with van der Waals surface area (Å²) in [5, 5.41) is 0. The second kappa shape index (κ2) is 6.01. The molecule has 0 saturated heterocycles. The fourth-order valence-corrected chi connectivity index (χ4v) is 3.38. The molecular formula is C12H4F6S2. The van der Waals surface area contributed by atoms with Gasteiger partial charge in [0.25, 0.3) is 0 Å². The summed E-state index contributed by atoms with van der Waals surface area (Å²) in [6, 6.07) is 2.10. The van der Waals surface area contributed by atoms with Gasteiger partial charge in [0.2, 0.25) is 0 Å². The molecule has 0 heterocycles. The van der Waals surface area contributed by atoms with E-state index in [1.54, 1.807) is 0 Å². The van der Waals surface area contributed by atoms with Crippen molar-refractivity contribution < 1.29 is 26.3 Å². The first kappa shape index (κ1) is 15.1. The monoisotopic (exact) mass is 326 g/mol. The molecule has 2 aromatic carbocycles. The maximum atomic E-state index is 13.3. The molecule has 8 heteroatoms. The van der Waals surface area contributed by atoms with Gasteiger partial charge in [-0.15, -0.1) is 0 Å². The van der Waals surface area contributed by atoms with Crippen molar-refractivity contribution in [2.24, 2.45) is 0 Å². The minimum atomic E-state index is -1.40. The van der Waals surface area contributed by atoms with E-state index in [1.165, 1.54) is 0 Å². The van der Waals surface area contributed by atoms with E-state index in [-0.39, 0.29) is 0 Å². The Labute approximate surface area is 117 Å². The minimum Gasteiger partial charge on any atom is -0.207 e. The number of halogens is 6. The lowest BCUT2D eigenvalue weighted by Crippen LogP contribution is -1.91. The van der Waals surface area contributed by atoms with Gasteiger partial charge in [-0.1, -0.05) is 0 Å². The number of hydrogen-bond donors (Lipinski definition) is 0. The molecule has 20 heavy (non-hydrogen) atoms. The molecule has 0 radical (unpaired) electrons. The van der Waals surface area contributed by atoms with Gasteiger partial charge in [-0.05, 0) is 33.7 Å². The van der Waals surface area contributed by atoms with Crippen LogP contribution in [0.25, 0.3) is 0 Å². The Morgan fingerprint density at radius 1 is 0.550 bits per heavy atom. The summed E-state index contributed by atoms with van der Waals surface area (Å²) in [6.45, 7) is 0. The third-order valence-corrected chi connectivity index (χ3v) is 4.50. The first-order chi connectivity index (χ1) is 9.38. The predicted molar refractivity (Wildman–Crippen MR) is 64.3 cm³/mol. The summed E-state index contributed by atoms with van der Waals surface area (Å²) in [5.74, 6) is -7.48. The molecule has 0 N–H and O–H groups in total. The van der Waals surface area contributed by atoms with Crippen molar-refractivity contribution in [1.29, 1.82) is 0 Å². The first-order valence-corrected chi connectivity index (χ1v) is 7.17. The fourth-order valence-electron chi connectivity index (χ4n) is 1.28. The van der Waals surface area contributed by atoms with E-state index in [1.807, 2.05) is 0 Å². The van der Waals surface area contributed by atoms with Crippen LogP contribution in [0.3, 0.4) is 0 Å². The highest BCUT2D eigenvalue weighted by Gasteiger charge is 2.16. The first-order valence-electron chi connectivity index (χ1n) is 5.02. The summed E-state index contributed by atoms with van der Waals surface area (Å²) in [5.41, 5.74) is 0. The third-order valence-electron chi connectivity index (χ3n) is 2.14. The SMILES string of the molecule is Fc1cc(F)c(F)c(SSc2cc(F)cc(F)c2F)c1. The van der Waals surface area contributed by atoms with Crippen molar-refractivity contribution >= 4 is 21.6 Å². The predicted octanol–water partition coefficient (Wildman–Crippen LogP) is 5.32. The van der Waals surface area contributed by atoms with Gasteiger partial charge < -0.3 is 0 Å². The van der Waals surface area contributed by atoms with Gasteiger partial charge in [0.05, 0.1) is 9.79 Å². The van der Waals surface area contributed by atoms with Gasteiger partial charge in [-0.2, -0.15) is 0 Å². The largest absolute Gasteiger partial charge is 0.207 e. The minimum absolute atomic E-state index is 0.354. The van der Waals surface area contributed by atoms with Crippen molar-refractivity contribution in [3.05, 3.63) is 59.2 Å². The normalized spacial score (nSPS) is 10.9. The molecule has 0 saturated carbocycles. The molecule has 0 unspecified atom stereocenters. The highest BCUT2D eigenvalue weighted by atomic mass is 33.1. The van der Waals surface area contributed by atoms with Crippen LogP contribution in [0.5, 0.6) is 0 Å². The molecule has 2 rings (SSSR count). The lowest BCUT2D eigenvalue weighted by molar-refractivity contribution is 0.476. The molecule has 106 valence electrons. The van der Waals surface area contributed by atoms with Crippen LogP contribution in [0.1, 0.15) is 0 Å². The second-order valence-electron chi connectivity index (χ2n) is 3.57. The number of rotatable bonds is 3. The highest BCUT2D eigenvalue weighted by Crippen LogP contribution is 2.41. The van der Waals surface area contributed by atoms with Crippen molar-refractivity contribution in [1.82, 2.24) is 0 Å². The van der Waals surface area contributed by atoms with E-state index in [2.05, 4.69) is 0 Å². The van der Waals surface area contributed by atoms with Gasteiger partial charge in [0, 0.05) is 12.1 Å². The Kier molecular flexibility index (Phi) is 4.54. The number of hydrogen-bond acceptors (Lipinski definition) is 2. The van der Waals surface area contributed by atoms with Crippen LogP contribution < -0.4 is 0 Å². The Morgan fingerprint density at radius 3 is 1.25 bits per heavy atom. The van der Waals surface area contributed by atoms with Crippen LogP contribution in [-0.2, 0) is 0 Å². The molecule has 0 bridgehead atoms. The van der Waals surface area contributed by atoms with E-state index >= 15 is 0 Å². The van der Waals surface area contributed by atoms with Crippen molar-refractivity contribution in [3.63, 3.8) is 0 Å². The summed E-state index contributed by atoms with van der Waals surface area (Å²) in [4.78, 5) is -0.895. The lowest BCUT2D eigenvalue weighted by atomic mass is 10.3. The van der Waals surface area contributed by atoms with Crippen LogP contribution in [0.2, 0.25) is 0 Å². The zero-order valence-corrected chi connectivity index (χ0v) is 11.0. The molecule has 0 aromatic heterocycles. The van der Waals surface area contributed by atoms with E-state index in [0.717, 1.165) is 0 Å². The molecule has 0 spiro atoms. The van der Waals surface area contributed by atoms with Gasteiger partial charge in [0.1, 0.15) is 11.6 Å². The van der Waals surface area contributed by atoms with E-state index in [4.69, 9.17) is 0 Å². The van der Waals surface area contributed by atoms with E-state index < -0.39 is 44.7 Å². The zero-order chi connectivity index (χ0) is 14.9. The van der Waals surface area contributed by atoms with Crippen molar-refractivity contribution in [2.75, 3.05) is 0 Å². The van der Waals surface area contributed by atoms with Crippen molar-refractivity contribution in [2.45, 2.75) is 9.79 Å². The molecule has 0 atom stereocenters. The Hall–Kier alpha value is -1.28. The quantitative estimate of drug-likeness (QED) is 0.425. The van der Waals surface area contributed by atoms with Crippen LogP contribution >= 0.6 is 21.6 Å². The molecule has 0 aliphatic rings. The fraction of sp³-hybridized carbons (Fsp3) is 0. The summed E-state index contributed by atoms with van der Waals surface area (Å²) < 4.78 is 78.4. The molecule has 0 aliphatic heterocycles. The lowest BCUT2D eigenvalue weighted by Gasteiger charge is -2.05. The van der Waals surface area contributed by atoms with Crippen LogP contribution in [0.4, 0.5) is 26.3 Å². The van der Waals surface area contributed by atoms with Gasteiger partial charge in [-0.3, -0.25) is 0 Å². The molecule has 0 nitrogen and oxygen atoms in total. The maximum absolute atomic E-state index is 13.3. The highest BCUT2D eigenvalue weighted by molar-refractivity contribution is 8.76. The summed E-state index contributed by atoms with van der Waals surface area (Å²) >= 11 is 0. The van der Waals surface area contributed by atoms with E-state index in [0.29, 0.717) is 45.9 Å². The van der Waals surface area contributed by atoms with Gasteiger partial charge >= 0.3 is 0 Å². The average Bonchev–Trinajstić information content (AvgIpc) is 2.37. The van der Waals surface area contributed by atoms with Crippen LogP contribution in [0, 0.1) is 34.9 Å². The Morgan fingerprint density at radius 2 is 0.900 bits per heavy atom. The Balaban J connectivity index is 2.26. The molecule has 0 fully saturated rings. The van der Waals surface area contributed by atoms with Gasteiger partial charge in [-0.25, -0.2) is 26.3 Å². The Bertz CT molecular complexity index is 601. The average molecular weight is 326 g/mol. The van der Waals surface area contributed by atoms with Crippen LogP contribution in [0.15, 0.2) is 34.1 Å². The molecule has 0 aliphatic carbocycles. The standard InChI is InChI=1S/C12H4F6S2/c13-5-1-7(15)11(17)9(3-5)19-20-10-4-6(14)2-8(16)12(10)18/h1-4H. The summed E-state index contributed by atoms with van der Waals surface area (Å²) in [6.07, 6.45) is 0. The molecule has 2 aromatic rings. The second-order valence-corrected chi connectivity index (χ2v) is 5.78. The zero-order valence-electron chi connectivity index (χ0n) is 9.39. The number of benzene rings is 2. The smallest absolute Gasteiger partial charge is 0.173 e. The maximum Gasteiger partial charge on any atom is 0.173 e. The third kappa shape index (κ3) is 3.24. The van der Waals surface area contributed by atoms with Gasteiger partial charge in [0.15, 0.2) is 23.3 Å². The van der Waals surface area contributed by atoms with Crippen molar-refractivity contribution in [3.8, 4) is 0 Å². The molecule has 0 amide bonds.